The summed E-state index contributed by atoms with van der Waals surface area (Å²) in [4.78, 5) is 0.0453. The number of nitrogens with one attached hydrogen (secondary N) is 3. The summed E-state index contributed by atoms with van der Waals surface area (Å²) in [5, 5.41) is 6.54. The van der Waals surface area contributed by atoms with Crippen molar-refractivity contribution in [3.8, 4) is 11.5 Å². The molecule has 0 aromatic heterocycles. The van der Waals surface area contributed by atoms with Gasteiger partial charge in [-0.1, -0.05) is 42.5 Å². The summed E-state index contributed by atoms with van der Waals surface area (Å²) in [5.74, 6) is 0.762. The molecule has 0 unspecified atom stereocenters. The Kier molecular flexibility index (Phi) is 7.32. The fourth-order valence-electron chi connectivity index (χ4n) is 2.82. The molecule has 0 bridgehead atoms. The Morgan fingerprint density at radius 2 is 1.55 bits per heavy atom. The first-order chi connectivity index (χ1) is 14.9. The zero-order chi connectivity index (χ0) is 22.3. The molecule has 0 atom stereocenters. The standard InChI is InChI=1S/C22H23N3O4S2/c1-28-20-11-7-6-10-19(20)25-31(26,27)17-12-13-18(21(14-17)29-2)24-22(30)23-15-16-8-4-3-5-9-16/h3-14,25H,15H2,1-2H3,(H2,23,24,30). The lowest BCUT2D eigenvalue weighted by Gasteiger charge is -2.16. The summed E-state index contributed by atoms with van der Waals surface area (Å²) in [6.45, 7) is 0.560. The molecular weight excluding hydrogens is 434 g/mol. The van der Waals surface area contributed by atoms with Gasteiger partial charge in [0.05, 0.1) is 30.5 Å². The fraction of sp³-hybridized carbons (Fsp3) is 0.136. The van der Waals surface area contributed by atoms with Crippen LogP contribution in [0.1, 0.15) is 5.56 Å². The van der Waals surface area contributed by atoms with E-state index in [2.05, 4.69) is 15.4 Å². The molecule has 9 heteroatoms. The van der Waals surface area contributed by atoms with Gasteiger partial charge >= 0.3 is 0 Å². The minimum atomic E-state index is -3.86. The lowest BCUT2D eigenvalue weighted by molar-refractivity contribution is 0.415. The Morgan fingerprint density at radius 1 is 0.871 bits per heavy atom. The summed E-state index contributed by atoms with van der Waals surface area (Å²) in [5.41, 5.74) is 1.98. The van der Waals surface area contributed by atoms with Crippen LogP contribution in [-0.2, 0) is 16.6 Å². The van der Waals surface area contributed by atoms with Crippen LogP contribution in [0.15, 0.2) is 77.7 Å². The Bertz CT molecular complexity index is 1150. The van der Waals surface area contributed by atoms with Gasteiger partial charge in [-0.15, -0.1) is 0 Å². The van der Waals surface area contributed by atoms with Gasteiger partial charge in [-0.25, -0.2) is 8.42 Å². The van der Waals surface area contributed by atoms with E-state index in [1.165, 1.54) is 26.4 Å². The number of hydrogen-bond donors (Lipinski definition) is 3. The van der Waals surface area contributed by atoms with E-state index in [0.29, 0.717) is 34.5 Å². The number of rotatable bonds is 8. The largest absolute Gasteiger partial charge is 0.495 e. The van der Waals surface area contributed by atoms with Gasteiger partial charge in [-0.05, 0) is 42.0 Å². The highest BCUT2D eigenvalue weighted by atomic mass is 32.2. The molecule has 0 saturated heterocycles. The Labute approximate surface area is 187 Å². The quantitative estimate of drug-likeness (QED) is 0.441. The normalized spacial score (nSPS) is 10.8. The van der Waals surface area contributed by atoms with E-state index in [1.54, 1.807) is 30.3 Å². The highest BCUT2D eigenvalue weighted by Gasteiger charge is 2.19. The molecule has 0 fully saturated rings. The predicted octanol–water partition coefficient (Wildman–Crippen LogP) is 3.99. The topological polar surface area (TPSA) is 88.7 Å². The van der Waals surface area contributed by atoms with Gasteiger partial charge in [0.2, 0.25) is 0 Å². The maximum absolute atomic E-state index is 12.9. The molecule has 0 aliphatic rings. The molecule has 0 saturated carbocycles. The second kappa shape index (κ2) is 10.1. The number of sulfonamides is 1. The van der Waals surface area contributed by atoms with Gasteiger partial charge in [0.15, 0.2) is 5.11 Å². The van der Waals surface area contributed by atoms with Crippen molar-refractivity contribution >= 4 is 38.7 Å². The molecule has 0 aliphatic heterocycles. The Balaban J connectivity index is 1.73. The SMILES string of the molecule is COc1cc(S(=O)(=O)Nc2ccccc2OC)ccc1NC(=S)NCc1ccccc1. The highest BCUT2D eigenvalue weighted by molar-refractivity contribution is 7.92. The van der Waals surface area contributed by atoms with E-state index in [4.69, 9.17) is 21.7 Å². The average molecular weight is 458 g/mol. The first-order valence-electron chi connectivity index (χ1n) is 9.35. The monoisotopic (exact) mass is 457 g/mol. The minimum absolute atomic E-state index is 0.0453. The summed E-state index contributed by atoms with van der Waals surface area (Å²) >= 11 is 5.34. The Morgan fingerprint density at radius 3 is 2.26 bits per heavy atom. The Hall–Kier alpha value is -3.30. The smallest absolute Gasteiger partial charge is 0.262 e. The molecule has 3 rings (SSSR count). The minimum Gasteiger partial charge on any atom is -0.495 e. The van der Waals surface area contributed by atoms with Crippen LogP contribution in [0.3, 0.4) is 0 Å². The van der Waals surface area contributed by atoms with Crippen molar-refractivity contribution in [2.75, 3.05) is 24.3 Å². The first-order valence-corrected chi connectivity index (χ1v) is 11.2. The van der Waals surface area contributed by atoms with Crippen LogP contribution in [0.2, 0.25) is 0 Å². The van der Waals surface area contributed by atoms with Crippen LogP contribution < -0.4 is 24.8 Å². The predicted molar refractivity (Wildman–Crippen MR) is 126 cm³/mol. The van der Waals surface area contributed by atoms with Crippen molar-refractivity contribution in [2.45, 2.75) is 11.4 Å². The van der Waals surface area contributed by atoms with Gasteiger partial charge in [0, 0.05) is 12.6 Å². The number of benzene rings is 3. The van der Waals surface area contributed by atoms with Gasteiger partial charge in [0.1, 0.15) is 11.5 Å². The van der Waals surface area contributed by atoms with Crippen molar-refractivity contribution < 1.29 is 17.9 Å². The molecule has 0 radical (unpaired) electrons. The van der Waals surface area contributed by atoms with Crippen LogP contribution in [0.4, 0.5) is 11.4 Å². The zero-order valence-corrected chi connectivity index (χ0v) is 18.7. The zero-order valence-electron chi connectivity index (χ0n) is 17.1. The maximum atomic E-state index is 12.9. The van der Waals surface area contributed by atoms with Crippen LogP contribution in [0.5, 0.6) is 11.5 Å². The van der Waals surface area contributed by atoms with E-state index in [1.807, 2.05) is 30.3 Å². The second-order valence-electron chi connectivity index (χ2n) is 6.46. The molecule has 31 heavy (non-hydrogen) atoms. The lowest BCUT2D eigenvalue weighted by atomic mass is 10.2. The number of ether oxygens (including phenoxy) is 2. The summed E-state index contributed by atoms with van der Waals surface area (Å²) in [7, 11) is -0.915. The van der Waals surface area contributed by atoms with Crippen molar-refractivity contribution in [1.82, 2.24) is 5.32 Å². The number of anilines is 2. The van der Waals surface area contributed by atoms with Gasteiger partial charge in [0.25, 0.3) is 10.0 Å². The third-order valence-electron chi connectivity index (χ3n) is 4.38. The molecule has 0 amide bonds. The van der Waals surface area contributed by atoms with Crippen molar-refractivity contribution in [3.05, 3.63) is 78.4 Å². The molecular formula is C22H23N3O4S2. The van der Waals surface area contributed by atoms with Crippen LogP contribution in [0.25, 0.3) is 0 Å². The molecule has 0 heterocycles. The third kappa shape index (κ3) is 5.87. The van der Waals surface area contributed by atoms with Crippen molar-refractivity contribution in [2.24, 2.45) is 0 Å². The first kappa shape index (κ1) is 22.4. The summed E-state index contributed by atoms with van der Waals surface area (Å²) in [6.07, 6.45) is 0. The van der Waals surface area contributed by atoms with Crippen molar-refractivity contribution in [3.63, 3.8) is 0 Å². The molecule has 3 aromatic carbocycles. The van der Waals surface area contributed by atoms with Crippen LogP contribution >= 0.6 is 12.2 Å². The molecule has 0 aliphatic carbocycles. The molecule has 0 spiro atoms. The number of para-hydroxylation sites is 2. The molecule has 3 N–H and O–H groups in total. The summed E-state index contributed by atoms with van der Waals surface area (Å²) in [6, 6.07) is 21.1. The third-order valence-corrected chi connectivity index (χ3v) is 5.99. The maximum Gasteiger partial charge on any atom is 0.262 e. The number of methoxy groups -OCH3 is 2. The van der Waals surface area contributed by atoms with Crippen LogP contribution in [0, 0.1) is 0 Å². The van der Waals surface area contributed by atoms with E-state index in [-0.39, 0.29) is 4.90 Å². The molecule has 162 valence electrons. The van der Waals surface area contributed by atoms with Crippen molar-refractivity contribution in [1.29, 1.82) is 0 Å². The van der Waals surface area contributed by atoms with Gasteiger partial charge in [-0.2, -0.15) is 0 Å². The second-order valence-corrected chi connectivity index (χ2v) is 8.55. The van der Waals surface area contributed by atoms with Gasteiger partial charge in [-0.3, -0.25) is 4.72 Å². The highest BCUT2D eigenvalue weighted by Crippen LogP contribution is 2.30. The number of hydrogen-bond acceptors (Lipinski definition) is 5. The average Bonchev–Trinajstić information content (AvgIpc) is 2.78. The summed E-state index contributed by atoms with van der Waals surface area (Å²) < 4.78 is 38.8. The fourth-order valence-corrected chi connectivity index (χ4v) is 4.09. The number of thiocarbonyl (C=S) groups is 1. The van der Waals surface area contributed by atoms with Gasteiger partial charge < -0.3 is 20.1 Å². The molecule has 7 nitrogen and oxygen atoms in total. The van der Waals surface area contributed by atoms with E-state index >= 15 is 0 Å². The molecule has 3 aromatic rings. The lowest BCUT2D eigenvalue weighted by Crippen LogP contribution is -2.28. The van der Waals surface area contributed by atoms with Crippen LogP contribution in [-0.4, -0.2) is 27.7 Å². The van der Waals surface area contributed by atoms with E-state index in [9.17, 15) is 8.42 Å². The van der Waals surface area contributed by atoms with E-state index < -0.39 is 10.0 Å². The van der Waals surface area contributed by atoms with E-state index in [0.717, 1.165) is 5.56 Å².